The minimum atomic E-state index is -0.665. The third-order valence-corrected chi connectivity index (χ3v) is 18.7. The van der Waals surface area contributed by atoms with Gasteiger partial charge in [-0.05, 0) is 77.0 Å². The molecule has 0 aromatic carbocycles. The van der Waals surface area contributed by atoms with Gasteiger partial charge in [0, 0.05) is 12.8 Å². The van der Waals surface area contributed by atoms with Crippen LogP contribution < -0.4 is 5.32 Å². The molecule has 0 bridgehead atoms. The van der Waals surface area contributed by atoms with Crippen LogP contribution in [0.1, 0.15) is 450 Å². The highest BCUT2D eigenvalue weighted by Crippen LogP contribution is 2.20. The van der Waals surface area contributed by atoms with E-state index in [2.05, 4.69) is 43.5 Å². The van der Waals surface area contributed by atoms with Crippen LogP contribution >= 0.6 is 0 Å². The summed E-state index contributed by atoms with van der Waals surface area (Å²) in [5.74, 6) is -0.0183. The zero-order chi connectivity index (χ0) is 62.0. The van der Waals surface area contributed by atoms with Crippen molar-refractivity contribution in [1.82, 2.24) is 5.32 Å². The number of carbonyl (C=O) groups is 2. The third kappa shape index (κ3) is 71.4. The summed E-state index contributed by atoms with van der Waals surface area (Å²) in [7, 11) is 0. The van der Waals surface area contributed by atoms with E-state index in [0.29, 0.717) is 25.9 Å². The maximum absolute atomic E-state index is 12.6. The van der Waals surface area contributed by atoms with Crippen molar-refractivity contribution in [2.45, 2.75) is 463 Å². The average molecular weight is 1210 g/mol. The summed E-state index contributed by atoms with van der Waals surface area (Å²) in [5, 5.41) is 23.5. The molecule has 3 N–H and O–H groups in total. The van der Waals surface area contributed by atoms with Crippen LogP contribution in [0.15, 0.2) is 24.3 Å². The number of rotatable bonds is 75. The minimum Gasteiger partial charge on any atom is -0.466 e. The summed E-state index contributed by atoms with van der Waals surface area (Å²) in [4.78, 5) is 24.7. The van der Waals surface area contributed by atoms with Gasteiger partial charge in [0.2, 0.25) is 5.91 Å². The second-order valence-electron chi connectivity index (χ2n) is 27.4. The average Bonchev–Trinajstić information content (AvgIpc) is 3.53. The van der Waals surface area contributed by atoms with Crippen molar-refractivity contribution in [3.8, 4) is 0 Å². The smallest absolute Gasteiger partial charge is 0.305 e. The number of aliphatic hydroxyl groups excluding tert-OH is 2. The molecule has 0 rings (SSSR count). The van der Waals surface area contributed by atoms with Gasteiger partial charge in [0.25, 0.3) is 0 Å². The van der Waals surface area contributed by atoms with Crippen molar-refractivity contribution in [1.29, 1.82) is 0 Å². The fourth-order valence-electron chi connectivity index (χ4n) is 12.7. The van der Waals surface area contributed by atoms with Gasteiger partial charge in [-0.1, -0.05) is 385 Å². The Balaban J connectivity index is 3.37. The molecule has 0 aromatic rings. The van der Waals surface area contributed by atoms with E-state index in [9.17, 15) is 19.8 Å². The molecule has 0 saturated carbocycles. The highest BCUT2D eigenvalue weighted by atomic mass is 16.5. The van der Waals surface area contributed by atoms with Crippen LogP contribution in [-0.4, -0.2) is 47.4 Å². The lowest BCUT2D eigenvalue weighted by molar-refractivity contribution is -0.143. The largest absolute Gasteiger partial charge is 0.466 e. The molecule has 0 aliphatic heterocycles. The molecule has 0 saturated heterocycles. The number of allylic oxidation sites excluding steroid dienone is 4. The van der Waals surface area contributed by atoms with Crippen LogP contribution in [0.3, 0.4) is 0 Å². The van der Waals surface area contributed by atoms with Crippen LogP contribution in [0.5, 0.6) is 0 Å². The van der Waals surface area contributed by atoms with Gasteiger partial charge >= 0.3 is 5.97 Å². The number of aliphatic hydroxyl groups is 2. The van der Waals surface area contributed by atoms with E-state index in [4.69, 9.17) is 4.74 Å². The molecule has 2 atom stereocenters. The third-order valence-electron chi connectivity index (χ3n) is 18.7. The number of nitrogens with one attached hydrogen (secondary N) is 1. The van der Waals surface area contributed by atoms with E-state index in [0.717, 1.165) is 44.9 Å². The number of unbranched alkanes of at least 4 members (excludes halogenated alkanes) is 60. The lowest BCUT2D eigenvalue weighted by atomic mass is 10.0. The first kappa shape index (κ1) is 84.3. The van der Waals surface area contributed by atoms with E-state index < -0.39 is 12.1 Å². The highest BCUT2D eigenvalue weighted by molar-refractivity contribution is 5.76. The second-order valence-corrected chi connectivity index (χ2v) is 27.4. The Hall–Kier alpha value is -1.66. The highest BCUT2D eigenvalue weighted by Gasteiger charge is 2.20. The van der Waals surface area contributed by atoms with Gasteiger partial charge in [-0.15, -0.1) is 0 Å². The van der Waals surface area contributed by atoms with Gasteiger partial charge in [-0.25, -0.2) is 0 Å². The molecule has 86 heavy (non-hydrogen) atoms. The molecule has 1 amide bonds. The van der Waals surface area contributed by atoms with E-state index in [-0.39, 0.29) is 18.5 Å². The topological polar surface area (TPSA) is 95.9 Å². The van der Waals surface area contributed by atoms with Crippen molar-refractivity contribution in [3.63, 3.8) is 0 Å². The number of hydrogen-bond acceptors (Lipinski definition) is 5. The lowest BCUT2D eigenvalue weighted by Crippen LogP contribution is -2.45. The molecule has 0 heterocycles. The van der Waals surface area contributed by atoms with Gasteiger partial charge in [0.05, 0.1) is 25.4 Å². The first-order chi connectivity index (χ1) is 42.5. The van der Waals surface area contributed by atoms with Gasteiger partial charge < -0.3 is 20.3 Å². The first-order valence-corrected chi connectivity index (χ1v) is 39.6. The summed E-state index contributed by atoms with van der Waals surface area (Å²) in [6, 6.07) is -0.542. The van der Waals surface area contributed by atoms with E-state index in [1.165, 1.54) is 372 Å². The van der Waals surface area contributed by atoms with Crippen molar-refractivity contribution < 1.29 is 24.5 Å². The monoisotopic (exact) mass is 1210 g/mol. The fraction of sp³-hybridized carbons (Fsp3) is 0.925. The van der Waals surface area contributed by atoms with Crippen molar-refractivity contribution in [3.05, 3.63) is 24.3 Å². The molecular weight excluding hydrogens is 1050 g/mol. The Labute approximate surface area is 539 Å². The number of carbonyl (C=O) groups excluding carboxylic acids is 2. The zero-order valence-electron chi connectivity index (χ0n) is 58.6. The second kappa shape index (κ2) is 75.8. The van der Waals surface area contributed by atoms with Crippen LogP contribution in [0.4, 0.5) is 0 Å². The number of esters is 1. The maximum atomic E-state index is 12.6. The molecule has 0 aromatic heterocycles. The SMILES string of the molecule is CCCCCCCCC/C=C\CCCCCCCC(=O)OCCCCCCCCCCCCCC/C=C\CCCCCCCCCCCCCCCC(=O)NC(CO)C(O)CCCCCCCCCCCCCCCCCCCCCCCCCC. The Morgan fingerprint density at radius 3 is 0.826 bits per heavy atom. The summed E-state index contributed by atoms with van der Waals surface area (Å²) in [5.41, 5.74) is 0. The first-order valence-electron chi connectivity index (χ1n) is 39.6. The van der Waals surface area contributed by atoms with Gasteiger partial charge in [0.15, 0.2) is 0 Å². The standard InChI is InChI=1S/C80H155NO5/c1-3-5-7-9-11-13-15-17-19-21-22-23-24-32-35-38-41-44-48-52-56-60-64-68-72-78(83)77(76-82)81-79(84)73-69-65-61-57-53-49-45-42-39-36-33-30-28-26-25-27-29-31-34-37-40-43-47-51-55-59-63-67-71-75-86-80(85)74-70-66-62-58-54-50-46-20-18-16-14-12-10-8-6-4-2/h20,25,27,46,77-78,82-83H,3-19,21-24,26,28-45,47-76H2,1-2H3,(H,81,84)/b27-25-,46-20-. The molecule has 0 fully saturated rings. The summed E-state index contributed by atoms with van der Waals surface area (Å²) in [6.07, 6.45) is 96.9. The molecule has 0 aliphatic rings. The normalized spacial score (nSPS) is 12.6. The molecule has 0 radical (unpaired) electrons. The predicted molar refractivity (Wildman–Crippen MR) is 380 cm³/mol. The van der Waals surface area contributed by atoms with Crippen LogP contribution in [0.25, 0.3) is 0 Å². The molecule has 0 spiro atoms. The van der Waals surface area contributed by atoms with Gasteiger partial charge in [-0.3, -0.25) is 9.59 Å². The van der Waals surface area contributed by atoms with Gasteiger partial charge in [0.1, 0.15) is 0 Å². The Kier molecular flexibility index (Phi) is 74.3. The van der Waals surface area contributed by atoms with Gasteiger partial charge in [-0.2, -0.15) is 0 Å². The zero-order valence-corrected chi connectivity index (χ0v) is 58.6. The van der Waals surface area contributed by atoms with E-state index in [1.807, 2.05) is 0 Å². The van der Waals surface area contributed by atoms with Crippen LogP contribution in [0.2, 0.25) is 0 Å². The number of hydrogen-bond donors (Lipinski definition) is 3. The minimum absolute atomic E-state index is 0.0102. The maximum Gasteiger partial charge on any atom is 0.305 e. The molecule has 2 unspecified atom stereocenters. The Bertz CT molecular complexity index is 1350. The quantitative estimate of drug-likeness (QED) is 0.0320. The Morgan fingerprint density at radius 1 is 0.314 bits per heavy atom. The summed E-state index contributed by atoms with van der Waals surface area (Å²) < 4.78 is 5.50. The summed E-state index contributed by atoms with van der Waals surface area (Å²) in [6.45, 7) is 5.00. The van der Waals surface area contributed by atoms with Crippen LogP contribution in [-0.2, 0) is 14.3 Å². The Morgan fingerprint density at radius 2 is 0.547 bits per heavy atom. The van der Waals surface area contributed by atoms with E-state index in [1.54, 1.807) is 0 Å². The number of amides is 1. The molecule has 6 nitrogen and oxygen atoms in total. The van der Waals surface area contributed by atoms with Crippen LogP contribution in [0, 0.1) is 0 Å². The molecular formula is C80H155NO5. The van der Waals surface area contributed by atoms with Crippen molar-refractivity contribution in [2.24, 2.45) is 0 Å². The molecule has 6 heteroatoms. The van der Waals surface area contributed by atoms with Crippen molar-refractivity contribution >= 4 is 11.9 Å². The molecule has 0 aliphatic carbocycles. The predicted octanol–water partition coefficient (Wildman–Crippen LogP) is 26.0. The number of ether oxygens (including phenoxy) is 1. The molecule has 510 valence electrons. The summed E-state index contributed by atoms with van der Waals surface area (Å²) >= 11 is 0. The van der Waals surface area contributed by atoms with E-state index >= 15 is 0 Å². The fourth-order valence-corrected chi connectivity index (χ4v) is 12.7. The van der Waals surface area contributed by atoms with Crippen molar-refractivity contribution in [2.75, 3.05) is 13.2 Å². The lowest BCUT2D eigenvalue weighted by Gasteiger charge is -2.22.